The van der Waals surface area contributed by atoms with Crippen LogP contribution < -0.4 is 9.83 Å². The highest BCUT2D eigenvalue weighted by molar-refractivity contribution is 7.72. The summed E-state index contributed by atoms with van der Waals surface area (Å²) in [5, 5.41) is 21.2. The molecule has 122 valence electrons. The third-order valence-electron chi connectivity index (χ3n) is 4.49. The molecule has 3 unspecified atom stereocenters. The van der Waals surface area contributed by atoms with E-state index in [2.05, 4.69) is 0 Å². The molecule has 2 aromatic carbocycles. The van der Waals surface area contributed by atoms with Crippen molar-refractivity contribution in [2.75, 3.05) is 0 Å². The van der Waals surface area contributed by atoms with E-state index >= 15 is 0 Å². The van der Waals surface area contributed by atoms with Gasteiger partial charge in [0, 0.05) is 11.5 Å². The molecule has 0 amide bonds. The van der Waals surface area contributed by atoms with Crippen molar-refractivity contribution in [2.24, 2.45) is 5.92 Å². The van der Waals surface area contributed by atoms with Crippen LogP contribution in [-0.2, 0) is 4.57 Å². The van der Waals surface area contributed by atoms with E-state index in [0.29, 0.717) is 11.1 Å². The second kappa shape index (κ2) is 5.37. The van der Waals surface area contributed by atoms with Gasteiger partial charge in [0.05, 0.1) is 16.7 Å². The maximum absolute atomic E-state index is 13.8. The van der Waals surface area contributed by atoms with Gasteiger partial charge in [-0.25, -0.2) is 0 Å². The van der Waals surface area contributed by atoms with Gasteiger partial charge in [0.25, 0.3) is 0 Å². The Kier molecular flexibility index (Phi) is 3.41. The Hall–Kier alpha value is -2.29. The minimum absolute atomic E-state index is 0.0923. The van der Waals surface area contributed by atoms with Crippen LogP contribution in [0.3, 0.4) is 0 Å². The second-order valence-electron chi connectivity index (χ2n) is 6.11. The first-order chi connectivity index (χ1) is 11.5. The summed E-state index contributed by atoms with van der Waals surface area (Å²) in [4.78, 5) is 0. The van der Waals surface area contributed by atoms with Gasteiger partial charge < -0.3 is 14.7 Å². The Morgan fingerprint density at radius 3 is 2.46 bits per heavy atom. The van der Waals surface area contributed by atoms with Gasteiger partial charge >= 0.3 is 7.37 Å². The lowest BCUT2D eigenvalue weighted by molar-refractivity contribution is 0.178. The summed E-state index contributed by atoms with van der Waals surface area (Å²) in [7, 11) is -3.55. The lowest BCUT2D eigenvalue weighted by Gasteiger charge is -2.32. The molecule has 1 aliphatic heterocycles. The zero-order valence-corrected chi connectivity index (χ0v) is 14.0. The van der Waals surface area contributed by atoms with Crippen molar-refractivity contribution < 1.29 is 19.3 Å². The first kappa shape index (κ1) is 15.3. The number of aliphatic hydroxyl groups is 2. The summed E-state index contributed by atoms with van der Waals surface area (Å²) in [6.07, 6.45) is 2.16. The van der Waals surface area contributed by atoms with Crippen molar-refractivity contribution in [2.45, 2.75) is 13.0 Å². The first-order valence-electron chi connectivity index (χ1n) is 7.81. The Morgan fingerprint density at radius 1 is 1.00 bits per heavy atom. The van der Waals surface area contributed by atoms with Crippen LogP contribution in [0.4, 0.5) is 0 Å². The van der Waals surface area contributed by atoms with E-state index in [-0.39, 0.29) is 17.0 Å². The van der Waals surface area contributed by atoms with Crippen molar-refractivity contribution >= 4 is 12.7 Å². The maximum Gasteiger partial charge on any atom is 0.310 e. The van der Waals surface area contributed by atoms with E-state index in [1.54, 1.807) is 25.1 Å². The maximum atomic E-state index is 13.8. The molecule has 0 aromatic heterocycles. The predicted molar refractivity (Wildman–Crippen MR) is 93.7 cm³/mol. The summed E-state index contributed by atoms with van der Waals surface area (Å²) in [6, 6.07) is 14.7. The van der Waals surface area contributed by atoms with E-state index in [1.807, 2.05) is 30.3 Å². The number of para-hydroxylation sites is 1. The number of hydrogen-bond acceptors (Lipinski definition) is 4. The van der Waals surface area contributed by atoms with Crippen LogP contribution in [0, 0.1) is 5.92 Å². The van der Waals surface area contributed by atoms with Crippen molar-refractivity contribution in [3.05, 3.63) is 71.8 Å². The molecule has 0 bridgehead atoms. The molecule has 5 heteroatoms. The highest BCUT2D eigenvalue weighted by Gasteiger charge is 2.42. The van der Waals surface area contributed by atoms with E-state index in [1.165, 1.54) is 12.2 Å². The van der Waals surface area contributed by atoms with Gasteiger partial charge in [-0.15, -0.1) is 0 Å². The van der Waals surface area contributed by atoms with Crippen LogP contribution in [0.15, 0.2) is 71.8 Å². The molecule has 0 spiro atoms. The van der Waals surface area contributed by atoms with Gasteiger partial charge in [-0.1, -0.05) is 43.3 Å². The Morgan fingerprint density at radius 2 is 1.67 bits per heavy atom. The number of rotatable bonds is 1. The SMILES string of the molecule is CC1C=C(O)C(P2(=O)Oc3ccccc3-c3ccccc32)=CC1O. The van der Waals surface area contributed by atoms with Crippen LogP contribution in [0.1, 0.15) is 6.92 Å². The molecule has 4 nitrogen and oxygen atoms in total. The molecule has 24 heavy (non-hydrogen) atoms. The molecule has 0 radical (unpaired) electrons. The fourth-order valence-electron chi connectivity index (χ4n) is 3.17. The topological polar surface area (TPSA) is 66.8 Å². The van der Waals surface area contributed by atoms with Gasteiger partial charge in [0.2, 0.25) is 0 Å². The summed E-state index contributed by atoms with van der Waals surface area (Å²) in [5.41, 5.74) is 1.69. The van der Waals surface area contributed by atoms with E-state index in [9.17, 15) is 14.8 Å². The molecule has 0 fully saturated rings. The molecule has 1 heterocycles. The third kappa shape index (κ3) is 2.15. The number of hydrogen-bond donors (Lipinski definition) is 2. The van der Waals surface area contributed by atoms with Crippen LogP contribution in [0.5, 0.6) is 5.75 Å². The summed E-state index contributed by atoms with van der Waals surface area (Å²) < 4.78 is 19.7. The average molecular weight is 340 g/mol. The molecule has 2 N–H and O–H groups in total. The largest absolute Gasteiger partial charge is 0.507 e. The average Bonchev–Trinajstić information content (AvgIpc) is 2.58. The number of fused-ring (bicyclic) bond motifs is 3. The molecular formula is C19H17O4P. The smallest absolute Gasteiger partial charge is 0.310 e. The number of allylic oxidation sites excluding steroid dienone is 1. The minimum Gasteiger partial charge on any atom is -0.507 e. The highest BCUT2D eigenvalue weighted by atomic mass is 31.2. The van der Waals surface area contributed by atoms with Gasteiger partial charge in [-0.3, -0.25) is 4.57 Å². The quantitative estimate of drug-likeness (QED) is 0.771. The minimum atomic E-state index is -3.55. The lowest BCUT2D eigenvalue weighted by Crippen LogP contribution is -2.24. The Balaban J connectivity index is 1.96. The first-order valence-corrected chi connectivity index (χ1v) is 9.43. The fraction of sp³-hybridized carbons (Fsp3) is 0.158. The molecule has 1 aliphatic carbocycles. The molecule has 3 atom stereocenters. The van der Waals surface area contributed by atoms with Gasteiger partial charge in [-0.2, -0.15) is 0 Å². The molecule has 2 aliphatic rings. The van der Waals surface area contributed by atoms with Crippen LogP contribution in [0.25, 0.3) is 11.1 Å². The van der Waals surface area contributed by atoms with Gasteiger partial charge in [-0.05, 0) is 29.8 Å². The summed E-state index contributed by atoms with van der Waals surface area (Å²) in [6.45, 7) is 1.79. The molecule has 0 saturated carbocycles. The summed E-state index contributed by atoms with van der Waals surface area (Å²) >= 11 is 0. The van der Waals surface area contributed by atoms with E-state index in [4.69, 9.17) is 4.52 Å². The van der Waals surface area contributed by atoms with Crippen molar-refractivity contribution in [1.82, 2.24) is 0 Å². The van der Waals surface area contributed by atoms with E-state index < -0.39 is 13.5 Å². The zero-order chi connectivity index (χ0) is 16.9. The van der Waals surface area contributed by atoms with Crippen LogP contribution in [-0.4, -0.2) is 16.3 Å². The van der Waals surface area contributed by atoms with Gasteiger partial charge in [0.1, 0.15) is 11.5 Å². The summed E-state index contributed by atoms with van der Waals surface area (Å²) in [5.74, 6) is 0.180. The Labute approximate surface area is 140 Å². The highest BCUT2D eigenvalue weighted by Crippen LogP contribution is 2.62. The van der Waals surface area contributed by atoms with E-state index in [0.717, 1.165) is 11.1 Å². The predicted octanol–water partition coefficient (Wildman–Crippen LogP) is 3.99. The standard InChI is InChI=1S/C19H17O4P/c1-12-10-16(21)19(11-15(12)20)24(22)18-9-5-3-7-14(18)13-6-2-4-8-17(13)23-24/h2-12,15,20-21H,1H3. The molecule has 4 rings (SSSR count). The van der Waals surface area contributed by atoms with Crippen molar-refractivity contribution in [3.63, 3.8) is 0 Å². The molecular weight excluding hydrogens is 323 g/mol. The molecule has 2 aromatic rings. The molecule has 0 saturated heterocycles. The Bertz CT molecular complexity index is 928. The van der Waals surface area contributed by atoms with Crippen LogP contribution >= 0.6 is 7.37 Å². The third-order valence-corrected chi connectivity index (χ3v) is 6.98. The lowest BCUT2D eigenvalue weighted by atomic mass is 9.99. The second-order valence-corrected chi connectivity index (χ2v) is 8.36. The normalized spacial score (nSPS) is 28.1. The van der Waals surface area contributed by atoms with Crippen molar-refractivity contribution in [1.29, 1.82) is 0 Å². The number of aliphatic hydroxyl groups excluding tert-OH is 2. The number of benzene rings is 2. The van der Waals surface area contributed by atoms with Crippen LogP contribution in [0.2, 0.25) is 0 Å². The van der Waals surface area contributed by atoms with Gasteiger partial charge in [0.15, 0.2) is 0 Å². The monoisotopic (exact) mass is 340 g/mol. The zero-order valence-electron chi connectivity index (χ0n) is 13.1. The van der Waals surface area contributed by atoms with Crippen molar-refractivity contribution in [3.8, 4) is 16.9 Å². The fourth-order valence-corrected chi connectivity index (χ4v) is 5.59.